The highest BCUT2D eigenvalue weighted by Crippen LogP contribution is 2.22. The van der Waals surface area contributed by atoms with Crippen molar-refractivity contribution in [3.05, 3.63) is 60.7 Å². The molecule has 1 nitrogen and oxygen atoms in total. The second-order valence-electron chi connectivity index (χ2n) is 3.61. The Kier molecular flexibility index (Phi) is 3.71. The van der Waals surface area contributed by atoms with Gasteiger partial charge in [-0.25, -0.2) is 0 Å². The van der Waals surface area contributed by atoms with Gasteiger partial charge in [0.1, 0.15) is 5.75 Å². The molecule has 0 bridgehead atoms. The van der Waals surface area contributed by atoms with E-state index in [2.05, 4.69) is 0 Å². The van der Waals surface area contributed by atoms with Crippen molar-refractivity contribution in [3.8, 4) is 5.75 Å². The predicted molar refractivity (Wildman–Crippen MR) is 65.0 cm³/mol. The molecule has 0 spiro atoms. The highest BCUT2D eigenvalue weighted by Gasteiger charge is 2.47. The van der Waals surface area contributed by atoms with Gasteiger partial charge in [-0.3, -0.25) is 0 Å². The number of rotatable bonds is 3. The molecule has 0 aliphatic rings. The Labute approximate surface area is 105 Å². The molecular weight excluding hydrogens is 257 g/mol. The summed E-state index contributed by atoms with van der Waals surface area (Å²) >= 11 is 0. The van der Waals surface area contributed by atoms with Gasteiger partial charge in [0.25, 0.3) is 0 Å². The van der Waals surface area contributed by atoms with Gasteiger partial charge in [0.15, 0.2) is 0 Å². The molecule has 1 radical (unpaired) electrons. The maximum absolute atomic E-state index is 13.0. The minimum Gasteiger partial charge on any atom is -0.530 e. The molecule has 5 heteroatoms. The Hall–Kier alpha value is -1.75. The van der Waals surface area contributed by atoms with Gasteiger partial charge in [-0.2, -0.15) is 13.2 Å². The van der Waals surface area contributed by atoms with Crippen molar-refractivity contribution in [2.24, 2.45) is 0 Å². The maximum Gasteiger partial charge on any atom is 0.443 e. The first kappa shape index (κ1) is 12.7. The number of halogens is 3. The zero-order chi connectivity index (χ0) is 13.0. The van der Waals surface area contributed by atoms with Gasteiger partial charge in [0.2, 0.25) is 0 Å². The zero-order valence-corrected chi connectivity index (χ0v) is 10.3. The third kappa shape index (κ3) is 3.13. The fraction of sp³-hybridized carbons (Fsp3) is 0.0769. The van der Waals surface area contributed by atoms with Crippen LogP contribution in [0.15, 0.2) is 60.7 Å². The molecule has 2 aromatic carbocycles. The average molecular weight is 267 g/mol. The second-order valence-corrected chi connectivity index (χ2v) is 5.61. The molecule has 0 heterocycles. The van der Waals surface area contributed by atoms with E-state index in [4.69, 9.17) is 4.43 Å². The fourth-order valence-electron chi connectivity index (χ4n) is 1.48. The predicted octanol–water partition coefficient (Wildman–Crippen LogP) is 3.07. The van der Waals surface area contributed by atoms with Crippen LogP contribution >= 0.6 is 0 Å². The molecule has 2 rings (SSSR count). The molecule has 0 atom stereocenters. The lowest BCUT2D eigenvalue weighted by Gasteiger charge is -2.19. The average Bonchev–Trinajstić information content (AvgIpc) is 2.37. The number of hydrogen-bond acceptors (Lipinski definition) is 1. The quantitative estimate of drug-likeness (QED) is 0.777. The first-order valence-electron chi connectivity index (χ1n) is 5.30. The van der Waals surface area contributed by atoms with Crippen LogP contribution in [-0.4, -0.2) is 14.8 Å². The molecule has 0 aliphatic heterocycles. The third-order valence-electron chi connectivity index (χ3n) is 2.26. The van der Waals surface area contributed by atoms with Crippen LogP contribution in [0.3, 0.4) is 0 Å². The standard InChI is InChI=1S/C13H10F3OSi/c14-13(15,16)18(12-9-5-2-6-10-12)17-11-7-3-1-4-8-11/h1-10H. The van der Waals surface area contributed by atoms with Crippen LogP contribution in [-0.2, 0) is 0 Å². The van der Waals surface area contributed by atoms with E-state index in [-0.39, 0.29) is 10.9 Å². The molecule has 18 heavy (non-hydrogen) atoms. The number of benzene rings is 2. The molecule has 0 unspecified atom stereocenters. The van der Waals surface area contributed by atoms with Gasteiger partial charge in [-0.15, -0.1) is 0 Å². The fourth-order valence-corrected chi connectivity index (χ4v) is 2.90. The second kappa shape index (κ2) is 5.26. The summed E-state index contributed by atoms with van der Waals surface area (Å²) in [6.07, 6.45) is 0. The Bertz CT molecular complexity index is 485. The summed E-state index contributed by atoms with van der Waals surface area (Å²) in [5.41, 5.74) is 0. The van der Waals surface area contributed by atoms with Crippen molar-refractivity contribution >= 4 is 14.2 Å². The maximum atomic E-state index is 13.0. The smallest absolute Gasteiger partial charge is 0.443 e. The molecule has 0 aromatic heterocycles. The third-order valence-corrected chi connectivity index (χ3v) is 4.07. The Balaban J connectivity index is 2.28. The van der Waals surface area contributed by atoms with Crippen LogP contribution in [0.1, 0.15) is 0 Å². The van der Waals surface area contributed by atoms with Crippen LogP contribution in [0, 0.1) is 0 Å². The van der Waals surface area contributed by atoms with Gasteiger partial charge < -0.3 is 4.43 Å². The number of alkyl halides is 3. The van der Waals surface area contributed by atoms with Crippen LogP contribution in [0.5, 0.6) is 5.75 Å². The van der Waals surface area contributed by atoms with Crippen molar-refractivity contribution in [1.82, 2.24) is 0 Å². The summed E-state index contributed by atoms with van der Waals surface area (Å²) in [6, 6.07) is 15.8. The SMILES string of the molecule is FC(F)(F)[Si](Oc1ccccc1)c1ccccc1. The van der Waals surface area contributed by atoms with Crippen LogP contribution < -0.4 is 9.61 Å². The lowest BCUT2D eigenvalue weighted by Crippen LogP contribution is -2.49. The molecule has 0 saturated carbocycles. The van der Waals surface area contributed by atoms with E-state index in [0.29, 0.717) is 0 Å². The highest BCUT2D eigenvalue weighted by atomic mass is 28.3. The minimum atomic E-state index is -4.35. The van der Waals surface area contributed by atoms with E-state index in [0.717, 1.165) is 0 Å². The molecule has 0 N–H and O–H groups in total. The summed E-state index contributed by atoms with van der Waals surface area (Å²) in [6.45, 7) is 0. The summed E-state index contributed by atoms with van der Waals surface area (Å²) in [7, 11) is -3.09. The van der Waals surface area contributed by atoms with Crippen LogP contribution in [0.2, 0.25) is 0 Å². The first-order valence-corrected chi connectivity index (χ1v) is 6.70. The van der Waals surface area contributed by atoms with Gasteiger partial charge in [-0.05, 0) is 17.3 Å². The Morgan fingerprint density at radius 2 is 1.28 bits per heavy atom. The summed E-state index contributed by atoms with van der Waals surface area (Å²) in [5.74, 6) is -4.10. The van der Waals surface area contributed by atoms with Crippen LogP contribution in [0.4, 0.5) is 13.2 Å². The number of hydrogen-bond donors (Lipinski definition) is 0. The first-order chi connectivity index (χ1) is 8.57. The monoisotopic (exact) mass is 267 g/mol. The topological polar surface area (TPSA) is 9.23 Å². The molecular formula is C13H10F3OSi. The van der Waals surface area contributed by atoms with Crippen molar-refractivity contribution < 1.29 is 17.6 Å². The minimum absolute atomic E-state index is 0.193. The van der Waals surface area contributed by atoms with E-state index in [1.54, 1.807) is 36.4 Å². The zero-order valence-electron chi connectivity index (χ0n) is 9.32. The van der Waals surface area contributed by atoms with Crippen molar-refractivity contribution in [1.29, 1.82) is 0 Å². The normalized spacial score (nSPS) is 11.6. The number of para-hydroxylation sites is 1. The molecule has 93 valence electrons. The van der Waals surface area contributed by atoms with Crippen molar-refractivity contribution in [2.45, 2.75) is 5.80 Å². The molecule has 2 aromatic rings. The molecule has 0 aliphatic carbocycles. The molecule has 0 fully saturated rings. The van der Waals surface area contributed by atoms with Gasteiger partial charge in [0.05, 0.1) is 0 Å². The highest BCUT2D eigenvalue weighted by molar-refractivity contribution is 6.69. The van der Waals surface area contributed by atoms with Gasteiger partial charge in [0, 0.05) is 0 Å². The summed E-state index contributed by atoms with van der Waals surface area (Å²) in [5, 5.41) is 0.193. The van der Waals surface area contributed by atoms with E-state index in [9.17, 15) is 13.2 Å². The largest absolute Gasteiger partial charge is 0.530 e. The van der Waals surface area contributed by atoms with E-state index < -0.39 is 14.8 Å². The van der Waals surface area contributed by atoms with E-state index >= 15 is 0 Å². The molecule has 0 amide bonds. The Morgan fingerprint density at radius 1 is 0.778 bits per heavy atom. The summed E-state index contributed by atoms with van der Waals surface area (Å²) in [4.78, 5) is 0. The molecule has 0 saturated heterocycles. The van der Waals surface area contributed by atoms with Crippen LogP contribution in [0.25, 0.3) is 0 Å². The lowest BCUT2D eigenvalue weighted by atomic mass is 10.3. The van der Waals surface area contributed by atoms with Gasteiger partial charge >= 0.3 is 14.8 Å². The lowest BCUT2D eigenvalue weighted by molar-refractivity contribution is -0.0585. The van der Waals surface area contributed by atoms with E-state index in [1.165, 1.54) is 24.3 Å². The van der Waals surface area contributed by atoms with E-state index in [1.807, 2.05) is 0 Å². The van der Waals surface area contributed by atoms with Crippen molar-refractivity contribution in [2.75, 3.05) is 0 Å². The summed E-state index contributed by atoms with van der Waals surface area (Å²) < 4.78 is 44.2. The van der Waals surface area contributed by atoms with Crippen molar-refractivity contribution in [3.63, 3.8) is 0 Å². The Morgan fingerprint density at radius 3 is 1.78 bits per heavy atom. The van der Waals surface area contributed by atoms with Gasteiger partial charge in [-0.1, -0.05) is 48.5 Å².